The molecule has 12 heavy (non-hydrogen) atoms. The predicted molar refractivity (Wildman–Crippen MR) is 44.4 cm³/mol. The zero-order valence-electron chi connectivity index (χ0n) is 7.12. The normalized spacial score (nSPS) is 16.0. The Balaban J connectivity index is 2.20. The van der Waals surface area contributed by atoms with Crippen molar-refractivity contribution in [1.29, 1.82) is 5.26 Å². The van der Waals surface area contributed by atoms with Crippen molar-refractivity contribution >= 4 is 0 Å². The number of nitrogens with zero attached hydrogens (tertiary/aromatic N) is 3. The average Bonchev–Trinajstić information content (AvgIpc) is 2.80. The van der Waals surface area contributed by atoms with E-state index in [0.29, 0.717) is 5.69 Å². The minimum Gasteiger partial charge on any atom is -0.333 e. The van der Waals surface area contributed by atoms with Crippen LogP contribution in [0.1, 0.15) is 24.2 Å². The van der Waals surface area contributed by atoms with Crippen LogP contribution in [0.2, 0.25) is 0 Å². The maximum Gasteiger partial charge on any atom is 0.161 e. The standard InChI is InChI=1S/C9H11N3/c1-7-9(4-10)11-6-12(7)5-8-2-3-8/h6,8H,2-3,5H2,1H3. The highest BCUT2D eigenvalue weighted by Gasteiger charge is 2.22. The molecule has 1 aliphatic carbocycles. The maximum absolute atomic E-state index is 8.66. The van der Waals surface area contributed by atoms with E-state index in [1.54, 1.807) is 6.33 Å². The number of hydrogen-bond donors (Lipinski definition) is 0. The number of aromatic nitrogens is 2. The fourth-order valence-corrected chi connectivity index (χ4v) is 1.32. The SMILES string of the molecule is Cc1c(C#N)ncn1CC1CC1. The lowest BCUT2D eigenvalue weighted by Gasteiger charge is -2.01. The second-order valence-electron chi connectivity index (χ2n) is 3.39. The first-order valence-electron chi connectivity index (χ1n) is 4.23. The third-order valence-corrected chi connectivity index (χ3v) is 2.36. The topological polar surface area (TPSA) is 41.6 Å². The Hall–Kier alpha value is -1.30. The molecule has 1 aromatic heterocycles. The Morgan fingerprint density at radius 2 is 2.50 bits per heavy atom. The van der Waals surface area contributed by atoms with Gasteiger partial charge in [0.1, 0.15) is 6.07 Å². The zero-order valence-corrected chi connectivity index (χ0v) is 7.12. The van der Waals surface area contributed by atoms with E-state index in [9.17, 15) is 0 Å². The van der Waals surface area contributed by atoms with Crippen molar-refractivity contribution in [2.75, 3.05) is 0 Å². The van der Waals surface area contributed by atoms with Crippen molar-refractivity contribution in [1.82, 2.24) is 9.55 Å². The van der Waals surface area contributed by atoms with Crippen LogP contribution in [-0.2, 0) is 6.54 Å². The Morgan fingerprint density at radius 1 is 1.75 bits per heavy atom. The zero-order chi connectivity index (χ0) is 8.55. The molecule has 0 saturated heterocycles. The lowest BCUT2D eigenvalue weighted by molar-refractivity contribution is 0.613. The third kappa shape index (κ3) is 1.20. The van der Waals surface area contributed by atoms with Crippen LogP contribution in [0.25, 0.3) is 0 Å². The number of hydrogen-bond acceptors (Lipinski definition) is 2. The van der Waals surface area contributed by atoms with Gasteiger partial charge in [-0.25, -0.2) is 4.98 Å². The molecule has 2 rings (SSSR count). The molecule has 0 amide bonds. The quantitative estimate of drug-likeness (QED) is 0.659. The monoisotopic (exact) mass is 161 g/mol. The molecule has 0 radical (unpaired) electrons. The summed E-state index contributed by atoms with van der Waals surface area (Å²) in [5.41, 5.74) is 1.57. The minimum atomic E-state index is 0.565. The third-order valence-electron chi connectivity index (χ3n) is 2.36. The highest BCUT2D eigenvalue weighted by Crippen LogP contribution is 2.31. The molecule has 1 saturated carbocycles. The molecular weight excluding hydrogens is 150 g/mol. The Labute approximate surface area is 71.6 Å². The van der Waals surface area contributed by atoms with Gasteiger partial charge in [-0.05, 0) is 25.7 Å². The van der Waals surface area contributed by atoms with Crippen molar-refractivity contribution in [2.45, 2.75) is 26.3 Å². The average molecular weight is 161 g/mol. The van der Waals surface area contributed by atoms with Crippen LogP contribution in [0.4, 0.5) is 0 Å². The Morgan fingerprint density at radius 3 is 3.00 bits per heavy atom. The van der Waals surface area contributed by atoms with E-state index in [1.807, 2.05) is 6.92 Å². The van der Waals surface area contributed by atoms with Crippen LogP contribution in [-0.4, -0.2) is 9.55 Å². The molecule has 0 bridgehead atoms. The van der Waals surface area contributed by atoms with Crippen LogP contribution in [0, 0.1) is 24.2 Å². The first kappa shape index (κ1) is 7.35. The van der Waals surface area contributed by atoms with Gasteiger partial charge in [0.15, 0.2) is 5.69 Å². The van der Waals surface area contributed by atoms with E-state index in [1.165, 1.54) is 12.8 Å². The fraction of sp³-hybridized carbons (Fsp3) is 0.556. The second-order valence-corrected chi connectivity index (χ2v) is 3.39. The molecule has 1 fully saturated rings. The van der Waals surface area contributed by atoms with Crippen molar-refractivity contribution < 1.29 is 0 Å². The summed E-state index contributed by atoms with van der Waals surface area (Å²) in [6, 6.07) is 2.08. The molecular formula is C9H11N3. The maximum atomic E-state index is 8.66. The molecule has 1 heterocycles. The lowest BCUT2D eigenvalue weighted by atomic mass is 10.3. The molecule has 0 atom stereocenters. The van der Waals surface area contributed by atoms with Crippen molar-refractivity contribution in [3.63, 3.8) is 0 Å². The van der Waals surface area contributed by atoms with E-state index in [4.69, 9.17) is 5.26 Å². The van der Waals surface area contributed by atoms with E-state index in [-0.39, 0.29) is 0 Å². The van der Waals surface area contributed by atoms with Crippen LogP contribution in [0.5, 0.6) is 0 Å². The molecule has 0 aromatic carbocycles. The first-order chi connectivity index (χ1) is 5.81. The summed E-state index contributed by atoms with van der Waals surface area (Å²) in [5, 5.41) is 8.66. The lowest BCUT2D eigenvalue weighted by Crippen LogP contribution is -2.00. The van der Waals surface area contributed by atoms with Crippen LogP contribution in [0.15, 0.2) is 6.33 Å². The molecule has 3 nitrogen and oxygen atoms in total. The molecule has 1 aromatic rings. The van der Waals surface area contributed by atoms with Gasteiger partial charge in [0, 0.05) is 6.54 Å². The van der Waals surface area contributed by atoms with Gasteiger partial charge >= 0.3 is 0 Å². The molecule has 0 N–H and O–H groups in total. The highest BCUT2D eigenvalue weighted by molar-refractivity contribution is 5.25. The number of rotatable bonds is 2. The summed E-state index contributed by atoms with van der Waals surface area (Å²) >= 11 is 0. The van der Waals surface area contributed by atoms with Crippen molar-refractivity contribution in [3.05, 3.63) is 17.7 Å². The van der Waals surface area contributed by atoms with Gasteiger partial charge in [-0.15, -0.1) is 0 Å². The van der Waals surface area contributed by atoms with E-state index in [0.717, 1.165) is 18.2 Å². The van der Waals surface area contributed by atoms with Gasteiger partial charge in [-0.1, -0.05) is 0 Å². The molecule has 0 unspecified atom stereocenters. The molecule has 0 spiro atoms. The highest BCUT2D eigenvalue weighted by atomic mass is 15.1. The molecule has 0 aliphatic heterocycles. The second kappa shape index (κ2) is 2.63. The van der Waals surface area contributed by atoms with E-state index < -0.39 is 0 Å². The van der Waals surface area contributed by atoms with Crippen molar-refractivity contribution in [2.24, 2.45) is 5.92 Å². The summed E-state index contributed by atoms with van der Waals surface area (Å²) in [6.07, 6.45) is 4.44. The summed E-state index contributed by atoms with van der Waals surface area (Å²) in [5.74, 6) is 0.837. The van der Waals surface area contributed by atoms with Gasteiger partial charge in [-0.2, -0.15) is 5.26 Å². The Kier molecular flexibility index (Phi) is 1.61. The van der Waals surface area contributed by atoms with Gasteiger partial charge in [0.05, 0.1) is 12.0 Å². The first-order valence-corrected chi connectivity index (χ1v) is 4.23. The van der Waals surface area contributed by atoms with Crippen molar-refractivity contribution in [3.8, 4) is 6.07 Å². The summed E-state index contributed by atoms with van der Waals surface area (Å²) in [7, 11) is 0. The smallest absolute Gasteiger partial charge is 0.161 e. The van der Waals surface area contributed by atoms with Crippen LogP contribution < -0.4 is 0 Å². The van der Waals surface area contributed by atoms with Gasteiger partial charge in [-0.3, -0.25) is 0 Å². The van der Waals surface area contributed by atoms with Crippen LogP contribution in [0.3, 0.4) is 0 Å². The minimum absolute atomic E-state index is 0.565. The summed E-state index contributed by atoms with van der Waals surface area (Å²) < 4.78 is 2.08. The van der Waals surface area contributed by atoms with Gasteiger partial charge in [0.25, 0.3) is 0 Å². The largest absolute Gasteiger partial charge is 0.333 e. The van der Waals surface area contributed by atoms with Gasteiger partial charge in [0.2, 0.25) is 0 Å². The number of nitriles is 1. The summed E-state index contributed by atoms with van der Waals surface area (Å²) in [4.78, 5) is 4.02. The Bertz CT molecular complexity index is 328. The molecule has 3 heteroatoms. The van der Waals surface area contributed by atoms with E-state index in [2.05, 4.69) is 15.6 Å². The van der Waals surface area contributed by atoms with Gasteiger partial charge < -0.3 is 4.57 Å². The van der Waals surface area contributed by atoms with Crippen LogP contribution >= 0.6 is 0 Å². The predicted octanol–water partition coefficient (Wildman–Crippen LogP) is 1.47. The molecule has 1 aliphatic rings. The fourth-order valence-electron chi connectivity index (χ4n) is 1.32. The van der Waals surface area contributed by atoms with E-state index >= 15 is 0 Å². The number of imidazole rings is 1. The molecule has 62 valence electrons. The summed E-state index contributed by atoms with van der Waals surface area (Å²) in [6.45, 7) is 2.99.